The molecule has 2 heteroatoms. The van der Waals surface area contributed by atoms with E-state index in [9.17, 15) is 5.11 Å². The van der Waals surface area contributed by atoms with E-state index in [1.54, 1.807) is 0 Å². The van der Waals surface area contributed by atoms with Crippen LogP contribution in [-0.4, -0.2) is 24.3 Å². The number of aliphatic hydroxyl groups excluding tert-OH is 1. The lowest BCUT2D eigenvalue weighted by Gasteiger charge is -2.29. The van der Waals surface area contributed by atoms with Gasteiger partial charge >= 0.3 is 0 Å². The first kappa shape index (κ1) is 8.52. The summed E-state index contributed by atoms with van der Waals surface area (Å²) in [5.41, 5.74) is 0. The molecule has 0 radical (unpaired) electrons. The first-order chi connectivity index (χ1) is 5.86. The molecule has 1 unspecified atom stereocenters. The van der Waals surface area contributed by atoms with Crippen LogP contribution in [0.5, 0.6) is 0 Å². The molecule has 12 heavy (non-hydrogen) atoms. The van der Waals surface area contributed by atoms with E-state index in [2.05, 4.69) is 5.32 Å². The van der Waals surface area contributed by atoms with Crippen molar-refractivity contribution in [3.8, 4) is 0 Å². The molecule has 1 heterocycles. The Kier molecular flexibility index (Phi) is 2.66. The third kappa shape index (κ3) is 1.80. The molecule has 0 amide bonds. The molecule has 0 aromatic carbocycles. The van der Waals surface area contributed by atoms with Gasteiger partial charge < -0.3 is 10.4 Å². The third-order valence-electron chi connectivity index (χ3n) is 3.44. The zero-order chi connectivity index (χ0) is 8.39. The fourth-order valence-corrected chi connectivity index (χ4v) is 2.27. The highest BCUT2D eigenvalue weighted by Crippen LogP contribution is 2.32. The van der Waals surface area contributed by atoms with Crippen LogP contribution >= 0.6 is 0 Å². The molecule has 70 valence electrons. The van der Waals surface area contributed by atoms with Crippen LogP contribution in [0.1, 0.15) is 32.1 Å². The average Bonchev–Trinajstić information content (AvgIpc) is 2.47. The van der Waals surface area contributed by atoms with Crippen LogP contribution in [0.3, 0.4) is 0 Å². The monoisotopic (exact) mass is 169 g/mol. The second kappa shape index (κ2) is 3.75. The Balaban J connectivity index is 1.71. The minimum atomic E-state index is -0.0229. The van der Waals surface area contributed by atoms with Gasteiger partial charge in [-0.15, -0.1) is 0 Å². The van der Waals surface area contributed by atoms with Crippen molar-refractivity contribution in [1.29, 1.82) is 0 Å². The van der Waals surface area contributed by atoms with Crippen LogP contribution in [0.2, 0.25) is 0 Å². The number of hydrogen-bond donors (Lipinski definition) is 2. The Morgan fingerprint density at radius 1 is 1.33 bits per heavy atom. The number of aliphatic hydroxyl groups is 1. The molecule has 2 N–H and O–H groups in total. The lowest BCUT2D eigenvalue weighted by molar-refractivity contribution is 0.0729. The van der Waals surface area contributed by atoms with Crippen molar-refractivity contribution >= 4 is 0 Å². The van der Waals surface area contributed by atoms with E-state index in [0.29, 0.717) is 5.92 Å². The van der Waals surface area contributed by atoms with Gasteiger partial charge in [-0.3, -0.25) is 0 Å². The summed E-state index contributed by atoms with van der Waals surface area (Å²) in [6.45, 7) is 2.14. The molecule has 0 aromatic heterocycles. The molecule has 0 spiro atoms. The summed E-state index contributed by atoms with van der Waals surface area (Å²) in [7, 11) is 0. The van der Waals surface area contributed by atoms with E-state index >= 15 is 0 Å². The standard InChI is InChI=1S/C10H19NO/c12-10(6-8-2-1-3-8)9-4-5-11-7-9/h8-12H,1-7H2/t9-,10?/m1/s1. The van der Waals surface area contributed by atoms with Crippen molar-refractivity contribution in [2.75, 3.05) is 13.1 Å². The zero-order valence-corrected chi connectivity index (χ0v) is 7.63. The molecule has 1 saturated carbocycles. The predicted octanol–water partition coefficient (Wildman–Crippen LogP) is 1.15. The van der Waals surface area contributed by atoms with Gasteiger partial charge in [-0.25, -0.2) is 0 Å². The van der Waals surface area contributed by atoms with Crippen molar-refractivity contribution in [1.82, 2.24) is 5.32 Å². The largest absolute Gasteiger partial charge is 0.393 e. The molecular weight excluding hydrogens is 150 g/mol. The van der Waals surface area contributed by atoms with Gasteiger partial charge in [0.05, 0.1) is 6.10 Å². The second-order valence-electron chi connectivity index (χ2n) is 4.35. The Hall–Kier alpha value is -0.0800. The van der Waals surface area contributed by atoms with Gasteiger partial charge in [0.1, 0.15) is 0 Å². The SMILES string of the molecule is OC(CC1CCC1)[C@@H]1CCNC1. The summed E-state index contributed by atoms with van der Waals surface area (Å²) in [6, 6.07) is 0. The molecular formula is C10H19NO. The van der Waals surface area contributed by atoms with Crippen LogP contribution < -0.4 is 5.32 Å². The highest BCUT2D eigenvalue weighted by atomic mass is 16.3. The van der Waals surface area contributed by atoms with Crippen LogP contribution in [0.4, 0.5) is 0 Å². The van der Waals surface area contributed by atoms with Gasteiger partial charge in [-0.1, -0.05) is 19.3 Å². The van der Waals surface area contributed by atoms with Crippen LogP contribution in [0.15, 0.2) is 0 Å². The minimum absolute atomic E-state index is 0.0229. The molecule has 2 aliphatic rings. The van der Waals surface area contributed by atoms with Gasteiger partial charge in [0, 0.05) is 6.54 Å². The molecule has 2 atom stereocenters. The zero-order valence-electron chi connectivity index (χ0n) is 7.63. The highest BCUT2D eigenvalue weighted by Gasteiger charge is 2.27. The molecule has 2 nitrogen and oxygen atoms in total. The third-order valence-corrected chi connectivity index (χ3v) is 3.44. The lowest BCUT2D eigenvalue weighted by atomic mass is 9.79. The average molecular weight is 169 g/mol. The lowest BCUT2D eigenvalue weighted by Crippen LogP contribution is -2.27. The smallest absolute Gasteiger partial charge is 0.0583 e. The van der Waals surface area contributed by atoms with Crippen molar-refractivity contribution in [2.24, 2.45) is 11.8 Å². The van der Waals surface area contributed by atoms with Crippen molar-refractivity contribution in [2.45, 2.75) is 38.2 Å². The van der Waals surface area contributed by atoms with Crippen molar-refractivity contribution in [3.05, 3.63) is 0 Å². The summed E-state index contributed by atoms with van der Waals surface area (Å²) in [5.74, 6) is 1.39. The molecule has 1 aliphatic carbocycles. The minimum Gasteiger partial charge on any atom is -0.393 e. The normalized spacial score (nSPS) is 33.2. The Morgan fingerprint density at radius 2 is 2.17 bits per heavy atom. The summed E-state index contributed by atoms with van der Waals surface area (Å²) >= 11 is 0. The summed E-state index contributed by atoms with van der Waals surface area (Å²) in [5, 5.41) is 13.1. The van der Waals surface area contributed by atoms with E-state index in [0.717, 1.165) is 25.4 Å². The second-order valence-corrected chi connectivity index (χ2v) is 4.35. The molecule has 0 aromatic rings. The predicted molar refractivity (Wildman–Crippen MR) is 48.9 cm³/mol. The van der Waals surface area contributed by atoms with E-state index in [-0.39, 0.29) is 6.10 Å². The topological polar surface area (TPSA) is 32.3 Å². The van der Waals surface area contributed by atoms with Gasteiger partial charge in [-0.2, -0.15) is 0 Å². The van der Waals surface area contributed by atoms with E-state index in [4.69, 9.17) is 0 Å². The molecule has 1 aliphatic heterocycles. The summed E-state index contributed by atoms with van der Waals surface area (Å²) in [4.78, 5) is 0. The number of rotatable bonds is 3. The van der Waals surface area contributed by atoms with Gasteiger partial charge in [0.25, 0.3) is 0 Å². The molecule has 1 saturated heterocycles. The number of hydrogen-bond acceptors (Lipinski definition) is 2. The van der Waals surface area contributed by atoms with Crippen LogP contribution in [0, 0.1) is 11.8 Å². The van der Waals surface area contributed by atoms with Crippen LogP contribution in [0.25, 0.3) is 0 Å². The summed E-state index contributed by atoms with van der Waals surface area (Å²) in [6.07, 6.45) is 6.32. The van der Waals surface area contributed by atoms with E-state index < -0.39 is 0 Å². The summed E-state index contributed by atoms with van der Waals surface area (Å²) < 4.78 is 0. The van der Waals surface area contributed by atoms with Gasteiger partial charge in [0.15, 0.2) is 0 Å². The van der Waals surface area contributed by atoms with Gasteiger partial charge in [0.2, 0.25) is 0 Å². The van der Waals surface area contributed by atoms with Crippen molar-refractivity contribution in [3.63, 3.8) is 0 Å². The van der Waals surface area contributed by atoms with E-state index in [1.165, 1.54) is 25.7 Å². The maximum atomic E-state index is 9.84. The Bertz CT molecular complexity index is 139. The molecule has 2 fully saturated rings. The molecule has 0 bridgehead atoms. The van der Waals surface area contributed by atoms with Crippen LogP contribution in [-0.2, 0) is 0 Å². The number of nitrogens with one attached hydrogen (secondary N) is 1. The van der Waals surface area contributed by atoms with Crippen molar-refractivity contribution < 1.29 is 5.11 Å². The fraction of sp³-hybridized carbons (Fsp3) is 1.00. The van der Waals surface area contributed by atoms with Gasteiger partial charge in [-0.05, 0) is 31.2 Å². The quantitative estimate of drug-likeness (QED) is 0.664. The van der Waals surface area contributed by atoms with E-state index in [1.807, 2.05) is 0 Å². The maximum Gasteiger partial charge on any atom is 0.0583 e. The first-order valence-corrected chi connectivity index (χ1v) is 5.25. The Morgan fingerprint density at radius 3 is 2.67 bits per heavy atom. The highest BCUT2D eigenvalue weighted by molar-refractivity contribution is 4.81. The fourth-order valence-electron chi connectivity index (χ4n) is 2.27. The first-order valence-electron chi connectivity index (χ1n) is 5.25. The maximum absolute atomic E-state index is 9.84. The Labute approximate surface area is 74.4 Å². The molecule has 2 rings (SSSR count).